The minimum absolute atomic E-state index is 0.931. The summed E-state index contributed by atoms with van der Waals surface area (Å²) in [5.74, 6) is 4.96. The van der Waals surface area contributed by atoms with Gasteiger partial charge in [-0.25, -0.2) is 0 Å². The number of hydrogen-bond acceptors (Lipinski definition) is 1. The van der Waals surface area contributed by atoms with Crippen molar-refractivity contribution in [1.82, 2.24) is 5.32 Å². The average molecular weight is 153 g/mol. The Bertz CT molecular complexity index is 120. The van der Waals surface area contributed by atoms with Crippen LogP contribution >= 0.6 is 0 Å². The van der Waals surface area contributed by atoms with Crippen molar-refractivity contribution in [3.63, 3.8) is 0 Å². The number of terminal acetylenes is 1. The van der Waals surface area contributed by atoms with E-state index in [9.17, 15) is 0 Å². The molecule has 0 atom stereocenters. The summed E-state index contributed by atoms with van der Waals surface area (Å²) in [5.41, 5.74) is 0. The van der Waals surface area contributed by atoms with E-state index in [1.54, 1.807) is 6.92 Å². The van der Waals surface area contributed by atoms with E-state index < -0.39 is 0 Å². The summed E-state index contributed by atoms with van der Waals surface area (Å²) >= 11 is 0. The van der Waals surface area contributed by atoms with E-state index in [0.717, 1.165) is 6.54 Å². The molecule has 0 aliphatic carbocycles. The summed E-state index contributed by atoms with van der Waals surface area (Å²) in [4.78, 5) is 0. The van der Waals surface area contributed by atoms with Crippen LogP contribution in [0.5, 0.6) is 0 Å². The number of hydrogen-bond donors (Lipinski definition) is 1. The first-order chi connectivity index (χ1) is 5.33. The van der Waals surface area contributed by atoms with Gasteiger partial charge >= 0.3 is 0 Å². The van der Waals surface area contributed by atoms with Gasteiger partial charge in [0.15, 0.2) is 0 Å². The van der Waals surface area contributed by atoms with Crippen LogP contribution in [0.25, 0.3) is 0 Å². The van der Waals surface area contributed by atoms with Crippen molar-refractivity contribution in [2.24, 2.45) is 0 Å². The molecular formula is C10H19N. The third-order valence-corrected chi connectivity index (χ3v) is 0.390. The van der Waals surface area contributed by atoms with Crippen LogP contribution in [-0.2, 0) is 0 Å². The molecule has 0 spiro atoms. The highest BCUT2D eigenvalue weighted by molar-refractivity contribution is 4.91. The fourth-order valence-electron chi connectivity index (χ4n) is 0.177. The fourth-order valence-corrected chi connectivity index (χ4v) is 0.177. The van der Waals surface area contributed by atoms with Crippen molar-refractivity contribution in [3.8, 4) is 24.3 Å². The molecule has 0 amide bonds. The van der Waals surface area contributed by atoms with Gasteiger partial charge in [-0.15, -0.1) is 12.3 Å². The first-order valence-corrected chi connectivity index (χ1v) is 3.85. The summed E-state index contributed by atoms with van der Waals surface area (Å²) in [7, 11) is 0. The minimum atomic E-state index is 0.931. The molecule has 64 valence electrons. The molecule has 0 aliphatic heterocycles. The standard InChI is InChI=1S/C5H9N.C3H4.C2H6/c1-3-5-6-4-2;1-3-2;1-2/h6H,4H2,1-2H3;1H,2H3;1-2H3. The van der Waals surface area contributed by atoms with Crippen molar-refractivity contribution in [2.75, 3.05) is 6.54 Å². The first-order valence-electron chi connectivity index (χ1n) is 3.85. The van der Waals surface area contributed by atoms with E-state index in [4.69, 9.17) is 0 Å². The average Bonchev–Trinajstić information content (AvgIpc) is 2.06. The van der Waals surface area contributed by atoms with Crippen molar-refractivity contribution >= 4 is 0 Å². The summed E-state index contributed by atoms with van der Waals surface area (Å²) in [6.45, 7) is 10.4. The number of rotatable bonds is 1. The first kappa shape index (κ1) is 16.5. The molecule has 0 fully saturated rings. The third kappa shape index (κ3) is 116. The molecule has 0 saturated carbocycles. The Morgan fingerprint density at radius 3 is 1.73 bits per heavy atom. The smallest absolute Gasteiger partial charge is 0.0201 e. The van der Waals surface area contributed by atoms with Gasteiger partial charge in [0.25, 0.3) is 0 Å². The van der Waals surface area contributed by atoms with Gasteiger partial charge in [-0.05, 0) is 20.8 Å². The quantitative estimate of drug-likeness (QED) is 0.450. The highest BCUT2D eigenvalue weighted by atomic mass is 14.8. The molecular weight excluding hydrogens is 134 g/mol. The normalized spacial score (nSPS) is 4.36. The topological polar surface area (TPSA) is 12.0 Å². The fraction of sp³-hybridized carbons (Fsp3) is 0.600. The van der Waals surface area contributed by atoms with E-state index in [0.29, 0.717) is 0 Å². The van der Waals surface area contributed by atoms with E-state index in [2.05, 4.69) is 29.6 Å². The molecule has 0 radical (unpaired) electrons. The van der Waals surface area contributed by atoms with Gasteiger partial charge in [0.05, 0.1) is 0 Å². The third-order valence-electron chi connectivity index (χ3n) is 0.390. The van der Waals surface area contributed by atoms with Crippen LogP contribution < -0.4 is 5.32 Å². The maximum absolute atomic E-state index is 4.60. The largest absolute Gasteiger partial charge is 0.346 e. The maximum Gasteiger partial charge on any atom is 0.0201 e. The predicted octanol–water partition coefficient (Wildman–Crippen LogP) is 2.24. The molecule has 1 heteroatoms. The molecule has 0 bridgehead atoms. The van der Waals surface area contributed by atoms with Crippen molar-refractivity contribution in [3.05, 3.63) is 0 Å². The molecule has 0 aromatic heterocycles. The number of nitrogens with one attached hydrogen (secondary N) is 1. The lowest BCUT2D eigenvalue weighted by Gasteiger charge is -1.80. The lowest BCUT2D eigenvalue weighted by atomic mass is 10.7. The van der Waals surface area contributed by atoms with Crippen LogP contribution in [0, 0.1) is 24.3 Å². The lowest BCUT2D eigenvalue weighted by molar-refractivity contribution is 0.952. The Kier molecular flexibility index (Phi) is 54.6. The van der Waals surface area contributed by atoms with Gasteiger partial charge in [-0.2, -0.15) is 0 Å². The highest BCUT2D eigenvalue weighted by Crippen LogP contribution is 1.45. The Morgan fingerprint density at radius 1 is 1.27 bits per heavy atom. The van der Waals surface area contributed by atoms with E-state index >= 15 is 0 Å². The minimum Gasteiger partial charge on any atom is -0.346 e. The molecule has 0 aromatic carbocycles. The summed E-state index contributed by atoms with van der Waals surface area (Å²) < 4.78 is 0. The van der Waals surface area contributed by atoms with Crippen LogP contribution in [0.3, 0.4) is 0 Å². The van der Waals surface area contributed by atoms with E-state index in [1.807, 2.05) is 27.7 Å². The molecule has 0 saturated heterocycles. The van der Waals surface area contributed by atoms with Gasteiger partial charge in [-0.1, -0.05) is 19.8 Å². The molecule has 0 aliphatic rings. The lowest BCUT2D eigenvalue weighted by Crippen LogP contribution is -2.01. The van der Waals surface area contributed by atoms with Crippen LogP contribution in [0.4, 0.5) is 0 Å². The van der Waals surface area contributed by atoms with Gasteiger partial charge in [0.2, 0.25) is 0 Å². The van der Waals surface area contributed by atoms with Crippen LogP contribution in [0.1, 0.15) is 34.6 Å². The Balaban J connectivity index is -0.000000109. The molecule has 0 unspecified atom stereocenters. The summed E-state index contributed by atoms with van der Waals surface area (Å²) in [6.07, 6.45) is 4.60. The maximum atomic E-state index is 4.60. The SMILES string of the molecule is C#CC.CC.CC#CNCC. The zero-order chi connectivity index (χ0) is 9.54. The molecule has 11 heavy (non-hydrogen) atoms. The van der Waals surface area contributed by atoms with Crippen LogP contribution in [-0.4, -0.2) is 6.54 Å². The molecule has 1 N–H and O–H groups in total. The van der Waals surface area contributed by atoms with Gasteiger partial charge in [-0.3, -0.25) is 0 Å². The zero-order valence-electron chi connectivity index (χ0n) is 8.28. The van der Waals surface area contributed by atoms with Gasteiger partial charge < -0.3 is 5.32 Å². The van der Waals surface area contributed by atoms with Gasteiger partial charge in [0, 0.05) is 12.6 Å². The molecule has 0 rings (SSSR count). The summed E-state index contributed by atoms with van der Waals surface area (Å²) in [6, 6.07) is 2.70. The molecule has 0 heterocycles. The monoisotopic (exact) mass is 153 g/mol. The second kappa shape index (κ2) is 36.4. The van der Waals surface area contributed by atoms with Crippen molar-refractivity contribution in [2.45, 2.75) is 34.6 Å². The Morgan fingerprint density at radius 2 is 1.64 bits per heavy atom. The van der Waals surface area contributed by atoms with Crippen LogP contribution in [0.15, 0.2) is 0 Å². The second-order valence-electron chi connectivity index (χ2n) is 1.19. The van der Waals surface area contributed by atoms with Crippen molar-refractivity contribution in [1.29, 1.82) is 0 Å². The summed E-state index contributed by atoms with van der Waals surface area (Å²) in [5, 5.41) is 2.84. The van der Waals surface area contributed by atoms with Crippen LogP contribution in [0.2, 0.25) is 0 Å². The van der Waals surface area contributed by atoms with E-state index in [1.165, 1.54) is 0 Å². The van der Waals surface area contributed by atoms with Crippen molar-refractivity contribution < 1.29 is 0 Å². The Labute approximate surface area is 71.6 Å². The van der Waals surface area contributed by atoms with Gasteiger partial charge in [0.1, 0.15) is 0 Å². The van der Waals surface area contributed by atoms with E-state index in [-0.39, 0.29) is 0 Å². The highest BCUT2D eigenvalue weighted by Gasteiger charge is 1.56. The second-order valence-corrected chi connectivity index (χ2v) is 1.19. The zero-order valence-corrected chi connectivity index (χ0v) is 8.28. The molecule has 0 aromatic rings. The molecule has 1 nitrogen and oxygen atoms in total. The Hall–Kier alpha value is -1.08. The predicted molar refractivity (Wildman–Crippen MR) is 53.0 cm³/mol.